The van der Waals surface area contributed by atoms with Crippen molar-refractivity contribution in [1.82, 2.24) is 0 Å². The van der Waals surface area contributed by atoms with E-state index < -0.39 is 11.9 Å². The zero-order valence-electron chi connectivity index (χ0n) is 20.2. The van der Waals surface area contributed by atoms with Crippen LogP contribution >= 0.6 is 0 Å². The molecule has 4 rings (SSSR count). The Hall–Kier alpha value is -3.68. The molecule has 2 aliphatic carbocycles. The molecule has 0 bridgehead atoms. The van der Waals surface area contributed by atoms with Crippen LogP contribution in [0.2, 0.25) is 0 Å². The first kappa shape index (κ1) is 25.4. The fraction of sp³-hybridized carbons (Fsp3) is 0.429. The van der Waals surface area contributed by atoms with E-state index in [1.54, 1.807) is 24.3 Å². The van der Waals surface area contributed by atoms with Crippen LogP contribution in [0, 0.1) is 11.8 Å². The molecule has 0 atom stereocenters. The molecule has 4 N–H and O–H groups in total. The van der Waals surface area contributed by atoms with E-state index in [9.17, 15) is 29.4 Å². The summed E-state index contributed by atoms with van der Waals surface area (Å²) in [6, 6.07) is 9.26. The number of amides is 2. The Balaban J connectivity index is 1.57. The van der Waals surface area contributed by atoms with E-state index >= 15 is 0 Å². The number of benzene rings is 2. The SMILES string of the molecule is O=C(O)c1cc(-c2ccc(NC(=O)C3CCCCC3)c(C(=O)O)c2)ccc1NC(=O)C1CCCCC1. The summed E-state index contributed by atoms with van der Waals surface area (Å²) in [6.45, 7) is 0. The number of anilines is 2. The number of hydrogen-bond donors (Lipinski definition) is 4. The molecule has 0 radical (unpaired) electrons. The van der Waals surface area contributed by atoms with Gasteiger partial charge in [-0.05, 0) is 61.1 Å². The molecule has 0 saturated heterocycles. The molecule has 2 amide bonds. The maximum Gasteiger partial charge on any atom is 0.337 e. The molecule has 2 aromatic rings. The summed E-state index contributed by atoms with van der Waals surface area (Å²) >= 11 is 0. The second kappa shape index (κ2) is 11.4. The Bertz CT molecular complexity index is 1070. The molecule has 8 heteroatoms. The van der Waals surface area contributed by atoms with Crippen LogP contribution in [0.3, 0.4) is 0 Å². The number of carbonyl (C=O) groups excluding carboxylic acids is 2. The molecular formula is C28H32N2O6. The largest absolute Gasteiger partial charge is 0.478 e. The summed E-state index contributed by atoms with van der Waals surface area (Å²) in [5.74, 6) is -2.95. The van der Waals surface area contributed by atoms with E-state index in [0.717, 1.165) is 64.2 Å². The third-order valence-electron chi connectivity index (χ3n) is 7.30. The van der Waals surface area contributed by atoms with E-state index in [0.29, 0.717) is 11.1 Å². The number of carboxylic acid groups (broad SMARTS) is 2. The number of carbonyl (C=O) groups is 4. The molecule has 8 nitrogen and oxygen atoms in total. The van der Waals surface area contributed by atoms with Gasteiger partial charge >= 0.3 is 11.9 Å². The Morgan fingerprint density at radius 1 is 0.583 bits per heavy atom. The zero-order chi connectivity index (χ0) is 25.7. The van der Waals surface area contributed by atoms with E-state index in [4.69, 9.17) is 0 Å². The van der Waals surface area contributed by atoms with Crippen LogP contribution in [0.4, 0.5) is 11.4 Å². The van der Waals surface area contributed by atoms with Crippen LogP contribution in [0.5, 0.6) is 0 Å². The van der Waals surface area contributed by atoms with Crippen LogP contribution < -0.4 is 10.6 Å². The second-order valence-corrected chi connectivity index (χ2v) is 9.78. The average Bonchev–Trinajstić information content (AvgIpc) is 2.90. The first-order chi connectivity index (χ1) is 17.3. The van der Waals surface area contributed by atoms with Crippen LogP contribution in [-0.4, -0.2) is 34.0 Å². The monoisotopic (exact) mass is 492 g/mol. The lowest BCUT2D eigenvalue weighted by atomic mass is 9.88. The molecule has 0 spiro atoms. The van der Waals surface area contributed by atoms with Gasteiger partial charge in [-0.2, -0.15) is 0 Å². The highest BCUT2D eigenvalue weighted by Crippen LogP contribution is 2.31. The third kappa shape index (κ3) is 5.93. The van der Waals surface area contributed by atoms with Crippen LogP contribution in [0.1, 0.15) is 84.9 Å². The molecule has 2 aromatic carbocycles. The van der Waals surface area contributed by atoms with Crippen molar-refractivity contribution in [3.05, 3.63) is 47.5 Å². The Kier molecular flexibility index (Phi) is 8.03. The number of aromatic carboxylic acids is 2. The molecule has 36 heavy (non-hydrogen) atoms. The van der Waals surface area contributed by atoms with Gasteiger partial charge < -0.3 is 20.8 Å². The summed E-state index contributed by atoms with van der Waals surface area (Å²) in [5.41, 5.74) is 1.30. The van der Waals surface area contributed by atoms with E-state index in [2.05, 4.69) is 10.6 Å². The van der Waals surface area contributed by atoms with Crippen molar-refractivity contribution >= 4 is 35.1 Å². The van der Waals surface area contributed by atoms with Gasteiger partial charge in [0.2, 0.25) is 11.8 Å². The minimum absolute atomic E-state index is 0.0665. The minimum atomic E-state index is -1.19. The van der Waals surface area contributed by atoms with Gasteiger partial charge in [-0.15, -0.1) is 0 Å². The lowest BCUT2D eigenvalue weighted by Crippen LogP contribution is -2.25. The van der Waals surface area contributed by atoms with Crippen molar-refractivity contribution in [3.63, 3.8) is 0 Å². The van der Waals surface area contributed by atoms with Gasteiger partial charge in [-0.25, -0.2) is 9.59 Å². The molecule has 0 aromatic heterocycles. The highest BCUT2D eigenvalue weighted by molar-refractivity contribution is 6.04. The van der Waals surface area contributed by atoms with Crippen molar-refractivity contribution in [3.8, 4) is 11.1 Å². The molecule has 190 valence electrons. The quantitative estimate of drug-likeness (QED) is 0.387. The average molecular weight is 493 g/mol. The fourth-order valence-electron chi connectivity index (χ4n) is 5.22. The Morgan fingerprint density at radius 2 is 0.944 bits per heavy atom. The molecule has 0 unspecified atom stereocenters. The summed E-state index contributed by atoms with van der Waals surface area (Å²) in [6.07, 6.45) is 9.39. The summed E-state index contributed by atoms with van der Waals surface area (Å²) in [7, 11) is 0. The van der Waals surface area contributed by atoms with Crippen molar-refractivity contribution < 1.29 is 29.4 Å². The predicted molar refractivity (Wildman–Crippen MR) is 136 cm³/mol. The molecular weight excluding hydrogens is 460 g/mol. The van der Waals surface area contributed by atoms with Crippen LogP contribution in [0.25, 0.3) is 11.1 Å². The highest BCUT2D eigenvalue weighted by atomic mass is 16.4. The van der Waals surface area contributed by atoms with Crippen LogP contribution in [0.15, 0.2) is 36.4 Å². The number of rotatable bonds is 7. The number of hydrogen-bond acceptors (Lipinski definition) is 4. The molecule has 2 aliphatic rings. The molecule has 0 aliphatic heterocycles. The minimum Gasteiger partial charge on any atom is -0.478 e. The van der Waals surface area contributed by atoms with Gasteiger partial charge in [0.15, 0.2) is 0 Å². The Labute approximate surface area is 210 Å². The second-order valence-electron chi connectivity index (χ2n) is 9.78. The summed E-state index contributed by atoms with van der Waals surface area (Å²) < 4.78 is 0. The van der Waals surface area contributed by atoms with E-state index in [1.165, 1.54) is 12.1 Å². The van der Waals surface area contributed by atoms with Gasteiger partial charge in [0.25, 0.3) is 0 Å². The van der Waals surface area contributed by atoms with Crippen LogP contribution in [-0.2, 0) is 9.59 Å². The first-order valence-electron chi connectivity index (χ1n) is 12.7. The topological polar surface area (TPSA) is 133 Å². The predicted octanol–water partition coefficient (Wildman–Crippen LogP) is 5.79. The van der Waals surface area contributed by atoms with Gasteiger partial charge in [-0.3, -0.25) is 9.59 Å². The maximum atomic E-state index is 12.7. The third-order valence-corrected chi connectivity index (χ3v) is 7.30. The first-order valence-corrected chi connectivity index (χ1v) is 12.7. The molecule has 2 saturated carbocycles. The van der Waals surface area contributed by atoms with Gasteiger partial charge in [0.1, 0.15) is 0 Å². The summed E-state index contributed by atoms with van der Waals surface area (Å²) in [4.78, 5) is 49.2. The van der Waals surface area contributed by atoms with Crippen molar-refractivity contribution in [1.29, 1.82) is 0 Å². The lowest BCUT2D eigenvalue weighted by Gasteiger charge is -2.21. The van der Waals surface area contributed by atoms with Gasteiger partial charge in [0, 0.05) is 11.8 Å². The van der Waals surface area contributed by atoms with Crippen molar-refractivity contribution in [2.45, 2.75) is 64.2 Å². The van der Waals surface area contributed by atoms with Crippen molar-refractivity contribution in [2.24, 2.45) is 11.8 Å². The number of carboxylic acids is 2. The Morgan fingerprint density at radius 3 is 1.28 bits per heavy atom. The number of nitrogens with one attached hydrogen (secondary N) is 2. The van der Waals surface area contributed by atoms with E-state index in [-0.39, 0.29) is 46.2 Å². The normalized spacial score (nSPS) is 16.8. The standard InChI is InChI=1S/C28H32N2O6/c31-25(17-7-3-1-4-8-17)29-23-13-11-19(15-21(23)27(33)34)20-12-14-24(22(16-20)28(35)36)30-26(32)18-9-5-2-6-10-18/h11-18H,1-10H2,(H,29,31)(H,30,32)(H,33,34)(H,35,36). The summed E-state index contributed by atoms with van der Waals surface area (Å²) in [5, 5.41) is 25.1. The molecule has 2 fully saturated rings. The van der Waals surface area contributed by atoms with Gasteiger partial charge in [0.05, 0.1) is 22.5 Å². The molecule has 0 heterocycles. The fourth-order valence-corrected chi connectivity index (χ4v) is 5.22. The van der Waals surface area contributed by atoms with E-state index in [1.807, 2.05) is 0 Å². The maximum absolute atomic E-state index is 12.7. The zero-order valence-corrected chi connectivity index (χ0v) is 20.2. The van der Waals surface area contributed by atoms with Crippen molar-refractivity contribution in [2.75, 3.05) is 10.6 Å². The highest BCUT2D eigenvalue weighted by Gasteiger charge is 2.25. The smallest absolute Gasteiger partial charge is 0.337 e. The van der Waals surface area contributed by atoms with Gasteiger partial charge in [-0.1, -0.05) is 50.7 Å². The lowest BCUT2D eigenvalue weighted by molar-refractivity contribution is -0.121.